The molecular formula is C22H34O4. The van der Waals surface area contributed by atoms with Crippen molar-refractivity contribution in [2.24, 2.45) is 0 Å². The quantitative estimate of drug-likeness (QED) is 0.205. The average Bonchev–Trinajstić information content (AvgIpc) is 3.36. The van der Waals surface area contributed by atoms with Gasteiger partial charge in [0.15, 0.2) is 0 Å². The monoisotopic (exact) mass is 362 g/mol. The van der Waals surface area contributed by atoms with Crippen molar-refractivity contribution >= 4 is 5.97 Å². The van der Waals surface area contributed by atoms with E-state index in [-0.39, 0.29) is 18.6 Å². The van der Waals surface area contributed by atoms with E-state index in [2.05, 4.69) is 37.0 Å². The van der Waals surface area contributed by atoms with Gasteiger partial charge in [-0.2, -0.15) is 0 Å². The van der Waals surface area contributed by atoms with Gasteiger partial charge in [-0.05, 0) is 32.1 Å². The normalized spacial score (nSPS) is 20.2. The Balaban J connectivity index is 2.02. The van der Waals surface area contributed by atoms with E-state index in [9.17, 15) is 9.90 Å². The summed E-state index contributed by atoms with van der Waals surface area (Å²) in [5.74, 6) is 5.10. The minimum absolute atomic E-state index is 0.0563. The van der Waals surface area contributed by atoms with E-state index < -0.39 is 12.1 Å². The zero-order chi connectivity index (χ0) is 19.0. The number of unbranched alkanes of at least 4 members (excludes halogenated alkanes) is 5. The predicted octanol–water partition coefficient (Wildman–Crippen LogP) is 4.63. The fourth-order valence-corrected chi connectivity index (χ4v) is 2.65. The first kappa shape index (κ1) is 22.5. The molecular weight excluding hydrogens is 328 g/mol. The number of aliphatic carboxylic acids is 1. The zero-order valence-electron chi connectivity index (χ0n) is 16.0. The van der Waals surface area contributed by atoms with Gasteiger partial charge in [-0.1, -0.05) is 68.8 Å². The van der Waals surface area contributed by atoms with Crippen LogP contribution in [-0.4, -0.2) is 34.5 Å². The maximum absolute atomic E-state index is 10.4. The van der Waals surface area contributed by atoms with Crippen LogP contribution < -0.4 is 0 Å². The van der Waals surface area contributed by atoms with Gasteiger partial charge < -0.3 is 14.9 Å². The highest BCUT2D eigenvalue weighted by Gasteiger charge is 2.36. The number of rotatable bonds is 14. The smallest absolute Gasteiger partial charge is 0.303 e. The second kappa shape index (κ2) is 14.6. The molecule has 26 heavy (non-hydrogen) atoms. The molecule has 1 fully saturated rings. The van der Waals surface area contributed by atoms with E-state index in [1.165, 1.54) is 19.3 Å². The highest BCUT2D eigenvalue weighted by molar-refractivity contribution is 5.66. The van der Waals surface area contributed by atoms with E-state index in [1.807, 2.05) is 6.08 Å². The summed E-state index contributed by atoms with van der Waals surface area (Å²) in [5.41, 5.74) is 0. The third kappa shape index (κ3) is 12.7. The van der Waals surface area contributed by atoms with Crippen LogP contribution in [0.15, 0.2) is 24.3 Å². The Bertz CT molecular complexity index is 498. The molecule has 0 radical (unpaired) electrons. The molecule has 4 heteroatoms. The van der Waals surface area contributed by atoms with Crippen LogP contribution in [0.3, 0.4) is 0 Å². The minimum atomic E-state index is -0.734. The lowest BCUT2D eigenvalue weighted by molar-refractivity contribution is -0.137. The first-order valence-corrected chi connectivity index (χ1v) is 9.99. The van der Waals surface area contributed by atoms with Crippen LogP contribution in [0.2, 0.25) is 0 Å². The van der Waals surface area contributed by atoms with Crippen molar-refractivity contribution in [1.29, 1.82) is 0 Å². The summed E-state index contributed by atoms with van der Waals surface area (Å²) in [6.07, 6.45) is 18.1. The number of hydrogen-bond donors (Lipinski definition) is 2. The van der Waals surface area contributed by atoms with Crippen molar-refractivity contribution in [3.63, 3.8) is 0 Å². The third-order valence-electron chi connectivity index (χ3n) is 4.29. The van der Waals surface area contributed by atoms with Crippen molar-refractivity contribution in [3.8, 4) is 11.8 Å². The summed E-state index contributed by atoms with van der Waals surface area (Å²) in [4.78, 5) is 10.4. The fraction of sp³-hybridized carbons (Fsp3) is 0.682. The molecule has 0 aromatic heterocycles. The summed E-state index contributed by atoms with van der Waals surface area (Å²) >= 11 is 0. The number of hydrogen-bond acceptors (Lipinski definition) is 3. The van der Waals surface area contributed by atoms with Gasteiger partial charge in [-0.3, -0.25) is 4.79 Å². The van der Waals surface area contributed by atoms with Gasteiger partial charge in [0, 0.05) is 12.8 Å². The number of ether oxygens (including phenoxy) is 1. The van der Waals surface area contributed by atoms with Crippen LogP contribution >= 0.6 is 0 Å². The van der Waals surface area contributed by atoms with Crippen LogP contribution in [0.25, 0.3) is 0 Å². The van der Waals surface area contributed by atoms with Crippen LogP contribution in [-0.2, 0) is 9.53 Å². The second-order valence-corrected chi connectivity index (χ2v) is 6.80. The van der Waals surface area contributed by atoms with E-state index in [1.54, 1.807) is 0 Å². The topological polar surface area (TPSA) is 70.1 Å². The lowest BCUT2D eigenvalue weighted by Crippen LogP contribution is -2.01. The first-order chi connectivity index (χ1) is 12.6. The maximum atomic E-state index is 10.4. The molecule has 1 aliphatic heterocycles. The van der Waals surface area contributed by atoms with Crippen molar-refractivity contribution in [2.75, 3.05) is 0 Å². The molecule has 0 aromatic rings. The highest BCUT2D eigenvalue weighted by atomic mass is 16.6. The molecule has 146 valence electrons. The van der Waals surface area contributed by atoms with Crippen LogP contribution in [0.4, 0.5) is 0 Å². The van der Waals surface area contributed by atoms with E-state index in [4.69, 9.17) is 9.84 Å². The minimum Gasteiger partial charge on any atom is -0.481 e. The lowest BCUT2D eigenvalue weighted by Gasteiger charge is -1.96. The van der Waals surface area contributed by atoms with Crippen LogP contribution in [0.1, 0.15) is 77.6 Å². The number of carboxylic acids is 1. The molecule has 0 aliphatic carbocycles. The number of allylic oxidation sites excluding steroid dienone is 3. The summed E-state index contributed by atoms with van der Waals surface area (Å²) in [6.45, 7) is 2.21. The lowest BCUT2D eigenvalue weighted by atomic mass is 10.1. The van der Waals surface area contributed by atoms with Crippen molar-refractivity contribution in [1.82, 2.24) is 0 Å². The van der Waals surface area contributed by atoms with Gasteiger partial charge in [0.25, 0.3) is 0 Å². The third-order valence-corrected chi connectivity index (χ3v) is 4.29. The molecule has 3 unspecified atom stereocenters. The van der Waals surface area contributed by atoms with Gasteiger partial charge in [0.1, 0.15) is 12.2 Å². The molecule has 4 nitrogen and oxygen atoms in total. The molecule has 1 heterocycles. The fourth-order valence-electron chi connectivity index (χ4n) is 2.65. The van der Waals surface area contributed by atoms with Gasteiger partial charge in [0.2, 0.25) is 0 Å². The van der Waals surface area contributed by atoms with Gasteiger partial charge in [-0.15, -0.1) is 0 Å². The average molecular weight is 363 g/mol. The molecule has 2 N–H and O–H groups in total. The number of epoxide rings is 1. The van der Waals surface area contributed by atoms with Gasteiger partial charge in [-0.25, -0.2) is 0 Å². The molecule has 0 spiro atoms. The van der Waals surface area contributed by atoms with Crippen molar-refractivity contribution in [3.05, 3.63) is 24.3 Å². The molecule has 0 saturated carbocycles. The Morgan fingerprint density at radius 2 is 1.92 bits per heavy atom. The van der Waals surface area contributed by atoms with Gasteiger partial charge in [0.05, 0.1) is 6.10 Å². The largest absolute Gasteiger partial charge is 0.481 e. The Kier molecular flexibility index (Phi) is 12.6. The maximum Gasteiger partial charge on any atom is 0.303 e. The van der Waals surface area contributed by atoms with Gasteiger partial charge >= 0.3 is 5.97 Å². The zero-order valence-corrected chi connectivity index (χ0v) is 16.0. The molecule has 1 saturated heterocycles. The van der Waals surface area contributed by atoms with Crippen molar-refractivity contribution < 1.29 is 19.7 Å². The molecule has 3 atom stereocenters. The van der Waals surface area contributed by atoms with Crippen molar-refractivity contribution in [2.45, 2.75) is 95.9 Å². The van der Waals surface area contributed by atoms with E-state index in [0.29, 0.717) is 6.42 Å². The highest BCUT2D eigenvalue weighted by Crippen LogP contribution is 2.26. The number of carbonyl (C=O) groups is 1. The van der Waals surface area contributed by atoms with E-state index in [0.717, 1.165) is 38.5 Å². The summed E-state index contributed by atoms with van der Waals surface area (Å²) in [6, 6.07) is 0. The number of aliphatic hydroxyl groups excluding tert-OH is 1. The first-order valence-electron chi connectivity index (χ1n) is 9.99. The van der Waals surface area contributed by atoms with E-state index >= 15 is 0 Å². The Morgan fingerprint density at radius 1 is 1.12 bits per heavy atom. The molecule has 1 aliphatic rings. The molecule has 1 rings (SSSR count). The Hall–Kier alpha value is -1.57. The summed E-state index contributed by atoms with van der Waals surface area (Å²) in [7, 11) is 0. The molecule has 0 amide bonds. The molecule has 0 bridgehead atoms. The molecule has 0 aromatic carbocycles. The second-order valence-electron chi connectivity index (χ2n) is 6.80. The number of aliphatic hydroxyl groups is 1. The SMILES string of the molecule is CCCCC/C=C\C/C=C\CC(O)C#CC1OC1CCCCCC(=O)O. The summed E-state index contributed by atoms with van der Waals surface area (Å²) < 4.78 is 5.46. The summed E-state index contributed by atoms with van der Waals surface area (Å²) in [5, 5.41) is 18.4. The predicted molar refractivity (Wildman–Crippen MR) is 105 cm³/mol. The number of carboxylic acid groups (broad SMARTS) is 1. The van der Waals surface area contributed by atoms with Crippen LogP contribution in [0.5, 0.6) is 0 Å². The Morgan fingerprint density at radius 3 is 2.69 bits per heavy atom. The Labute approximate surface area is 158 Å². The standard InChI is InChI=1S/C22H34O4/c1-2-3-4-5-6-7-8-9-11-14-19(23)17-18-21-20(26-21)15-12-10-13-16-22(24)25/h6-7,9,11,19-21,23H,2-5,8,10,12-16H2,1H3,(H,24,25)/b7-6-,11-9-. The van der Waals surface area contributed by atoms with Crippen LogP contribution in [0, 0.1) is 11.8 Å².